The Balaban J connectivity index is 0.00000242. The van der Waals surface area contributed by atoms with E-state index in [1.807, 2.05) is 11.0 Å². The molecule has 1 fully saturated rings. The van der Waals surface area contributed by atoms with Gasteiger partial charge in [0.05, 0.1) is 24.1 Å². The van der Waals surface area contributed by atoms with Crippen LogP contribution in [0.25, 0.3) is 0 Å². The third-order valence-electron chi connectivity index (χ3n) is 3.57. The van der Waals surface area contributed by atoms with Crippen LogP contribution in [0.1, 0.15) is 23.6 Å². The molecular weight excluding hydrogens is 357 g/mol. The molecule has 0 saturated carbocycles. The molecule has 0 amide bonds. The lowest BCUT2D eigenvalue weighted by molar-refractivity contribution is -0.140. The standard InChI is InChI=1S/C14H15F4N3.2ClH/c15-13-10(2-1-3-11(13)14(16,17)18)12(4-5-19)21-8-6-20-7-9-21;;/h1-3,12,20H,4,6-9H2;2*1H/t12-;;/m0../s1. The molecule has 0 unspecified atom stereocenters. The molecule has 1 saturated heterocycles. The fourth-order valence-electron chi connectivity index (χ4n) is 2.54. The van der Waals surface area contributed by atoms with Crippen molar-refractivity contribution in [2.45, 2.75) is 18.6 Å². The fourth-order valence-corrected chi connectivity index (χ4v) is 2.54. The molecule has 1 aromatic carbocycles. The van der Waals surface area contributed by atoms with Gasteiger partial charge in [0.15, 0.2) is 0 Å². The van der Waals surface area contributed by atoms with Gasteiger partial charge >= 0.3 is 6.18 Å². The Hall–Kier alpha value is -1.07. The van der Waals surface area contributed by atoms with Gasteiger partial charge in [-0.2, -0.15) is 18.4 Å². The van der Waals surface area contributed by atoms with E-state index >= 15 is 0 Å². The minimum Gasteiger partial charge on any atom is -0.314 e. The lowest BCUT2D eigenvalue weighted by Crippen LogP contribution is -2.45. The maximum atomic E-state index is 14.2. The normalized spacial score (nSPS) is 16.7. The predicted molar refractivity (Wildman–Crippen MR) is 83.3 cm³/mol. The predicted octanol–water partition coefficient (Wildman–Crippen LogP) is 3.55. The van der Waals surface area contributed by atoms with E-state index in [1.54, 1.807) is 0 Å². The lowest BCUT2D eigenvalue weighted by Gasteiger charge is -2.34. The van der Waals surface area contributed by atoms with Crippen molar-refractivity contribution in [3.05, 3.63) is 35.1 Å². The fraction of sp³-hybridized carbons (Fsp3) is 0.500. The number of alkyl halides is 3. The monoisotopic (exact) mass is 373 g/mol. The highest BCUT2D eigenvalue weighted by Gasteiger charge is 2.36. The van der Waals surface area contributed by atoms with Crippen LogP contribution in [0, 0.1) is 17.1 Å². The number of piperazine rings is 1. The Morgan fingerprint density at radius 1 is 1.22 bits per heavy atom. The molecule has 2 rings (SSSR count). The summed E-state index contributed by atoms with van der Waals surface area (Å²) < 4.78 is 52.6. The average Bonchev–Trinajstić information content (AvgIpc) is 2.45. The van der Waals surface area contributed by atoms with E-state index in [-0.39, 0.29) is 36.8 Å². The second kappa shape index (κ2) is 9.28. The first kappa shape index (κ1) is 21.9. The third-order valence-corrected chi connectivity index (χ3v) is 3.57. The SMILES string of the molecule is Cl.Cl.N#CC[C@@H](c1cccc(C(F)(F)F)c1F)N1CCNCC1. The molecule has 1 aromatic rings. The van der Waals surface area contributed by atoms with E-state index in [2.05, 4.69) is 5.32 Å². The first-order valence-electron chi connectivity index (χ1n) is 6.62. The number of halogens is 6. The Kier molecular flexibility index (Phi) is 8.85. The first-order chi connectivity index (χ1) is 9.95. The van der Waals surface area contributed by atoms with E-state index in [4.69, 9.17) is 5.26 Å². The molecule has 1 N–H and O–H groups in total. The van der Waals surface area contributed by atoms with E-state index < -0.39 is 23.6 Å². The van der Waals surface area contributed by atoms with Gasteiger partial charge in [-0.05, 0) is 6.07 Å². The van der Waals surface area contributed by atoms with Crippen molar-refractivity contribution in [3.8, 4) is 6.07 Å². The highest BCUT2D eigenvalue weighted by molar-refractivity contribution is 5.85. The van der Waals surface area contributed by atoms with Crippen LogP contribution in [0.3, 0.4) is 0 Å². The van der Waals surface area contributed by atoms with Crippen molar-refractivity contribution < 1.29 is 17.6 Å². The number of nitrogens with one attached hydrogen (secondary N) is 1. The van der Waals surface area contributed by atoms with Crippen LogP contribution in [-0.2, 0) is 6.18 Å². The van der Waals surface area contributed by atoms with Crippen LogP contribution in [0.15, 0.2) is 18.2 Å². The molecule has 0 radical (unpaired) electrons. The second-order valence-corrected chi connectivity index (χ2v) is 4.87. The molecule has 0 aromatic heterocycles. The van der Waals surface area contributed by atoms with Gasteiger partial charge in [-0.3, -0.25) is 4.90 Å². The summed E-state index contributed by atoms with van der Waals surface area (Å²) in [6.07, 6.45) is -4.78. The Morgan fingerprint density at radius 2 is 1.83 bits per heavy atom. The van der Waals surface area contributed by atoms with Gasteiger partial charge in [0.1, 0.15) is 5.82 Å². The van der Waals surface area contributed by atoms with E-state index in [0.29, 0.717) is 26.2 Å². The summed E-state index contributed by atoms with van der Waals surface area (Å²) in [4.78, 5) is 1.85. The van der Waals surface area contributed by atoms with E-state index in [0.717, 1.165) is 6.07 Å². The maximum absolute atomic E-state index is 14.2. The summed E-state index contributed by atoms with van der Waals surface area (Å²) >= 11 is 0. The molecule has 130 valence electrons. The van der Waals surface area contributed by atoms with Crippen molar-refractivity contribution in [2.24, 2.45) is 0 Å². The zero-order valence-electron chi connectivity index (χ0n) is 12.1. The van der Waals surface area contributed by atoms with Crippen LogP contribution in [0.4, 0.5) is 17.6 Å². The zero-order chi connectivity index (χ0) is 15.5. The molecule has 1 aliphatic rings. The van der Waals surface area contributed by atoms with Gasteiger partial charge in [-0.15, -0.1) is 24.8 Å². The van der Waals surface area contributed by atoms with Crippen LogP contribution in [0.5, 0.6) is 0 Å². The summed E-state index contributed by atoms with van der Waals surface area (Å²) in [5.41, 5.74) is -1.34. The zero-order valence-corrected chi connectivity index (χ0v) is 13.7. The van der Waals surface area contributed by atoms with Crippen LogP contribution in [-0.4, -0.2) is 31.1 Å². The average molecular weight is 374 g/mol. The quantitative estimate of drug-likeness (QED) is 0.823. The second-order valence-electron chi connectivity index (χ2n) is 4.87. The smallest absolute Gasteiger partial charge is 0.314 e. The van der Waals surface area contributed by atoms with Crippen LogP contribution >= 0.6 is 24.8 Å². The number of rotatable bonds is 3. The van der Waals surface area contributed by atoms with Gasteiger partial charge in [-0.25, -0.2) is 4.39 Å². The third kappa shape index (κ3) is 5.21. The van der Waals surface area contributed by atoms with E-state index in [9.17, 15) is 17.6 Å². The summed E-state index contributed by atoms with van der Waals surface area (Å²) in [6, 6.07) is 4.52. The van der Waals surface area contributed by atoms with Crippen LogP contribution < -0.4 is 5.32 Å². The molecule has 1 heterocycles. The first-order valence-corrected chi connectivity index (χ1v) is 6.62. The number of benzene rings is 1. The molecule has 0 aliphatic carbocycles. The molecule has 1 atom stereocenters. The minimum absolute atomic E-state index is 0. The Labute approximate surface area is 144 Å². The summed E-state index contributed by atoms with van der Waals surface area (Å²) in [7, 11) is 0. The summed E-state index contributed by atoms with van der Waals surface area (Å²) in [6.45, 7) is 2.48. The topological polar surface area (TPSA) is 39.1 Å². The molecule has 0 spiro atoms. The highest BCUT2D eigenvalue weighted by atomic mass is 35.5. The van der Waals surface area contributed by atoms with Gasteiger partial charge < -0.3 is 5.32 Å². The van der Waals surface area contributed by atoms with Gasteiger partial charge in [0, 0.05) is 31.7 Å². The number of nitrogens with zero attached hydrogens (tertiary/aromatic N) is 2. The van der Waals surface area contributed by atoms with Crippen LogP contribution in [0.2, 0.25) is 0 Å². The van der Waals surface area contributed by atoms with Crippen molar-refractivity contribution in [2.75, 3.05) is 26.2 Å². The van der Waals surface area contributed by atoms with Gasteiger partial charge in [0.25, 0.3) is 0 Å². The summed E-state index contributed by atoms with van der Waals surface area (Å²) in [5, 5.41) is 12.0. The maximum Gasteiger partial charge on any atom is 0.419 e. The molecule has 0 bridgehead atoms. The number of nitriles is 1. The van der Waals surface area contributed by atoms with Crippen molar-refractivity contribution >= 4 is 24.8 Å². The molecule has 9 heteroatoms. The number of hydrogen-bond acceptors (Lipinski definition) is 3. The molecule has 23 heavy (non-hydrogen) atoms. The Bertz CT molecular complexity index is 540. The summed E-state index contributed by atoms with van der Waals surface area (Å²) in [5.74, 6) is -1.27. The van der Waals surface area contributed by atoms with Gasteiger partial charge in [0.2, 0.25) is 0 Å². The highest BCUT2D eigenvalue weighted by Crippen LogP contribution is 2.36. The number of hydrogen-bond donors (Lipinski definition) is 1. The minimum atomic E-state index is -4.74. The van der Waals surface area contributed by atoms with Gasteiger partial charge in [-0.1, -0.05) is 12.1 Å². The van der Waals surface area contributed by atoms with Crippen molar-refractivity contribution in [3.63, 3.8) is 0 Å². The van der Waals surface area contributed by atoms with Crippen molar-refractivity contribution in [1.29, 1.82) is 5.26 Å². The van der Waals surface area contributed by atoms with E-state index in [1.165, 1.54) is 12.1 Å². The lowest BCUT2D eigenvalue weighted by atomic mass is 9.98. The molecule has 1 aliphatic heterocycles. The van der Waals surface area contributed by atoms with Crippen molar-refractivity contribution in [1.82, 2.24) is 10.2 Å². The molecular formula is C14H17Cl2F4N3. The Morgan fingerprint density at radius 3 is 2.35 bits per heavy atom. The largest absolute Gasteiger partial charge is 0.419 e. The molecule has 3 nitrogen and oxygen atoms in total.